The summed E-state index contributed by atoms with van der Waals surface area (Å²) in [6, 6.07) is 10.0. The van der Waals surface area contributed by atoms with Crippen molar-refractivity contribution in [1.29, 1.82) is 0 Å². The molecule has 134 valence electrons. The summed E-state index contributed by atoms with van der Waals surface area (Å²) in [6.45, 7) is 5.43. The number of nitro benzene ring substituents is 1. The highest BCUT2D eigenvalue weighted by molar-refractivity contribution is 6.32. The van der Waals surface area contributed by atoms with Gasteiger partial charge in [0.2, 0.25) is 0 Å². The van der Waals surface area contributed by atoms with Crippen LogP contribution < -0.4 is 14.8 Å². The Hall–Kier alpha value is -2.47. The fourth-order valence-corrected chi connectivity index (χ4v) is 2.55. The highest BCUT2D eigenvalue weighted by Crippen LogP contribution is 2.37. The van der Waals surface area contributed by atoms with Crippen LogP contribution >= 0.6 is 11.6 Å². The SMILES string of the molecule is CCCOc1c(Cl)cc(CNc2cccc([N+](=O)[O-])c2)cc1OCC. The normalized spacial score (nSPS) is 10.4. The molecule has 0 atom stereocenters. The van der Waals surface area contributed by atoms with E-state index < -0.39 is 4.92 Å². The van der Waals surface area contributed by atoms with Crippen LogP contribution in [0.4, 0.5) is 11.4 Å². The van der Waals surface area contributed by atoms with Gasteiger partial charge < -0.3 is 14.8 Å². The Labute approximate surface area is 151 Å². The van der Waals surface area contributed by atoms with Gasteiger partial charge in [-0.2, -0.15) is 0 Å². The first kappa shape index (κ1) is 18.9. The van der Waals surface area contributed by atoms with Crippen molar-refractivity contribution in [2.75, 3.05) is 18.5 Å². The first-order valence-corrected chi connectivity index (χ1v) is 8.49. The van der Waals surface area contributed by atoms with Crippen LogP contribution in [0, 0.1) is 10.1 Å². The molecule has 0 aromatic heterocycles. The van der Waals surface area contributed by atoms with Crippen LogP contribution in [0.15, 0.2) is 36.4 Å². The van der Waals surface area contributed by atoms with E-state index in [2.05, 4.69) is 5.32 Å². The number of hydrogen-bond donors (Lipinski definition) is 1. The van der Waals surface area contributed by atoms with Gasteiger partial charge >= 0.3 is 0 Å². The molecule has 25 heavy (non-hydrogen) atoms. The van der Waals surface area contributed by atoms with Crippen molar-refractivity contribution in [3.05, 3.63) is 57.1 Å². The van der Waals surface area contributed by atoms with E-state index in [4.69, 9.17) is 21.1 Å². The van der Waals surface area contributed by atoms with Crippen molar-refractivity contribution in [3.8, 4) is 11.5 Å². The molecule has 2 aromatic rings. The molecule has 6 nitrogen and oxygen atoms in total. The van der Waals surface area contributed by atoms with Crippen LogP contribution in [0.1, 0.15) is 25.8 Å². The largest absolute Gasteiger partial charge is 0.490 e. The second-order valence-corrected chi connectivity index (χ2v) is 5.75. The van der Waals surface area contributed by atoms with Gasteiger partial charge in [-0.1, -0.05) is 24.6 Å². The Bertz CT molecular complexity index is 737. The number of rotatable bonds is 9. The van der Waals surface area contributed by atoms with Crippen LogP contribution in [-0.4, -0.2) is 18.1 Å². The molecule has 2 aromatic carbocycles. The number of halogens is 1. The minimum Gasteiger partial charge on any atom is -0.490 e. The summed E-state index contributed by atoms with van der Waals surface area (Å²) in [5, 5.41) is 14.5. The maximum Gasteiger partial charge on any atom is 0.271 e. The van der Waals surface area contributed by atoms with Gasteiger partial charge in [0, 0.05) is 24.4 Å². The third kappa shape index (κ3) is 5.26. The molecule has 0 radical (unpaired) electrons. The Morgan fingerprint density at radius 3 is 2.68 bits per heavy atom. The summed E-state index contributed by atoms with van der Waals surface area (Å²) < 4.78 is 11.3. The van der Waals surface area contributed by atoms with Gasteiger partial charge in [-0.05, 0) is 37.1 Å². The molecular formula is C18H21ClN2O4. The predicted octanol–water partition coefficient (Wildman–Crippen LogP) is 5.05. The molecule has 7 heteroatoms. The maximum atomic E-state index is 10.8. The van der Waals surface area contributed by atoms with Crippen LogP contribution in [0.25, 0.3) is 0 Å². The van der Waals surface area contributed by atoms with E-state index in [0.717, 1.165) is 12.0 Å². The monoisotopic (exact) mass is 364 g/mol. The number of nitro groups is 1. The standard InChI is InChI=1S/C18H21ClN2O4/c1-3-8-25-18-16(19)9-13(10-17(18)24-4-2)12-20-14-6-5-7-15(11-14)21(22)23/h5-7,9-11,20H,3-4,8,12H2,1-2H3. The number of hydrogen-bond acceptors (Lipinski definition) is 5. The first-order chi connectivity index (χ1) is 12.0. The van der Waals surface area contributed by atoms with Gasteiger partial charge in [-0.3, -0.25) is 10.1 Å². The van der Waals surface area contributed by atoms with Crippen molar-refractivity contribution in [2.45, 2.75) is 26.8 Å². The molecule has 0 bridgehead atoms. The van der Waals surface area contributed by atoms with Crippen LogP contribution in [0.5, 0.6) is 11.5 Å². The van der Waals surface area contributed by atoms with E-state index in [0.29, 0.717) is 42.0 Å². The number of benzene rings is 2. The Morgan fingerprint density at radius 2 is 2.00 bits per heavy atom. The second-order valence-electron chi connectivity index (χ2n) is 5.35. The number of ether oxygens (including phenoxy) is 2. The molecule has 0 amide bonds. The molecule has 0 aliphatic carbocycles. The lowest BCUT2D eigenvalue weighted by Crippen LogP contribution is -2.04. The highest BCUT2D eigenvalue weighted by Gasteiger charge is 2.13. The molecule has 0 heterocycles. The predicted molar refractivity (Wildman–Crippen MR) is 98.8 cm³/mol. The summed E-state index contributed by atoms with van der Waals surface area (Å²) in [4.78, 5) is 10.4. The molecular weight excluding hydrogens is 344 g/mol. The highest BCUT2D eigenvalue weighted by atomic mass is 35.5. The average Bonchev–Trinajstić information content (AvgIpc) is 2.60. The molecule has 0 spiro atoms. The zero-order chi connectivity index (χ0) is 18.2. The van der Waals surface area contributed by atoms with E-state index in [1.54, 1.807) is 18.2 Å². The topological polar surface area (TPSA) is 73.6 Å². The maximum absolute atomic E-state index is 10.8. The molecule has 0 aliphatic rings. The zero-order valence-electron chi connectivity index (χ0n) is 14.3. The van der Waals surface area contributed by atoms with Crippen molar-refractivity contribution in [1.82, 2.24) is 0 Å². The van der Waals surface area contributed by atoms with E-state index >= 15 is 0 Å². The molecule has 1 N–H and O–H groups in total. The minimum absolute atomic E-state index is 0.0429. The number of nitrogens with zero attached hydrogens (tertiary/aromatic N) is 1. The number of non-ortho nitro benzene ring substituents is 1. The van der Waals surface area contributed by atoms with Crippen LogP contribution in [0.2, 0.25) is 5.02 Å². The molecule has 0 saturated heterocycles. The minimum atomic E-state index is -0.422. The summed E-state index contributed by atoms with van der Waals surface area (Å²) in [7, 11) is 0. The third-order valence-electron chi connectivity index (χ3n) is 3.37. The number of nitrogens with one attached hydrogen (secondary N) is 1. The fraction of sp³-hybridized carbons (Fsp3) is 0.333. The van der Waals surface area contributed by atoms with E-state index in [1.165, 1.54) is 12.1 Å². The zero-order valence-corrected chi connectivity index (χ0v) is 15.0. The molecule has 0 fully saturated rings. The summed E-state index contributed by atoms with van der Waals surface area (Å²) in [6.07, 6.45) is 0.873. The first-order valence-electron chi connectivity index (χ1n) is 8.11. The van der Waals surface area contributed by atoms with Crippen molar-refractivity contribution >= 4 is 23.0 Å². The number of anilines is 1. The van der Waals surface area contributed by atoms with Gasteiger partial charge in [-0.15, -0.1) is 0 Å². The van der Waals surface area contributed by atoms with E-state index in [-0.39, 0.29) is 5.69 Å². The van der Waals surface area contributed by atoms with Crippen LogP contribution in [-0.2, 0) is 6.54 Å². The fourth-order valence-electron chi connectivity index (χ4n) is 2.26. The van der Waals surface area contributed by atoms with Gasteiger partial charge in [0.1, 0.15) is 0 Å². The van der Waals surface area contributed by atoms with Crippen molar-refractivity contribution in [2.24, 2.45) is 0 Å². The van der Waals surface area contributed by atoms with Gasteiger partial charge in [-0.25, -0.2) is 0 Å². The molecule has 0 unspecified atom stereocenters. The van der Waals surface area contributed by atoms with Gasteiger partial charge in [0.15, 0.2) is 11.5 Å². The Kier molecular flexibility index (Phi) is 6.89. The van der Waals surface area contributed by atoms with Crippen molar-refractivity contribution in [3.63, 3.8) is 0 Å². The molecule has 0 aliphatic heterocycles. The third-order valence-corrected chi connectivity index (χ3v) is 3.65. The lowest BCUT2D eigenvalue weighted by molar-refractivity contribution is -0.384. The van der Waals surface area contributed by atoms with Gasteiger partial charge in [0.05, 0.1) is 23.2 Å². The van der Waals surface area contributed by atoms with E-state index in [1.807, 2.05) is 19.9 Å². The summed E-state index contributed by atoms with van der Waals surface area (Å²) in [5.41, 5.74) is 1.60. The Morgan fingerprint density at radius 1 is 1.20 bits per heavy atom. The summed E-state index contributed by atoms with van der Waals surface area (Å²) >= 11 is 6.33. The van der Waals surface area contributed by atoms with E-state index in [9.17, 15) is 10.1 Å². The van der Waals surface area contributed by atoms with Gasteiger partial charge in [0.25, 0.3) is 5.69 Å². The van der Waals surface area contributed by atoms with Crippen molar-refractivity contribution < 1.29 is 14.4 Å². The quantitative estimate of drug-likeness (QED) is 0.498. The molecule has 0 saturated carbocycles. The second kappa shape index (κ2) is 9.13. The van der Waals surface area contributed by atoms with Crippen LogP contribution in [0.3, 0.4) is 0 Å². The smallest absolute Gasteiger partial charge is 0.271 e. The molecule has 2 rings (SSSR count). The Balaban J connectivity index is 2.16. The summed E-state index contributed by atoms with van der Waals surface area (Å²) in [5.74, 6) is 1.14. The lowest BCUT2D eigenvalue weighted by Gasteiger charge is -2.15. The lowest BCUT2D eigenvalue weighted by atomic mass is 10.2. The average molecular weight is 365 g/mol.